The Labute approximate surface area is 154 Å². The van der Waals surface area contributed by atoms with Gasteiger partial charge in [-0.25, -0.2) is 4.98 Å². The second kappa shape index (κ2) is 8.34. The number of piperidine rings is 1. The molecule has 4 nitrogen and oxygen atoms in total. The molecule has 132 valence electrons. The van der Waals surface area contributed by atoms with E-state index in [1.54, 1.807) is 6.20 Å². The molecule has 0 spiro atoms. The van der Waals surface area contributed by atoms with Crippen molar-refractivity contribution >= 4 is 23.3 Å². The summed E-state index contributed by atoms with van der Waals surface area (Å²) in [5.41, 5.74) is 1.60. The van der Waals surface area contributed by atoms with Gasteiger partial charge in [-0.3, -0.25) is 4.79 Å². The first-order valence-electron chi connectivity index (χ1n) is 8.92. The largest absolute Gasteiger partial charge is 0.354 e. The Morgan fingerprint density at radius 1 is 1.24 bits per heavy atom. The first-order valence-corrected chi connectivity index (χ1v) is 9.30. The minimum atomic E-state index is -0.111. The number of carbonyl (C=O) groups is 1. The van der Waals surface area contributed by atoms with Gasteiger partial charge in [-0.2, -0.15) is 0 Å². The monoisotopic (exact) mass is 357 g/mol. The fraction of sp³-hybridized carbons (Fsp3) is 0.400. The van der Waals surface area contributed by atoms with Crippen LogP contribution in [0.25, 0.3) is 0 Å². The Kier molecular flexibility index (Phi) is 5.92. The van der Waals surface area contributed by atoms with Crippen molar-refractivity contribution < 1.29 is 4.79 Å². The van der Waals surface area contributed by atoms with Crippen molar-refractivity contribution in [3.63, 3.8) is 0 Å². The summed E-state index contributed by atoms with van der Waals surface area (Å²) < 4.78 is 0. The summed E-state index contributed by atoms with van der Waals surface area (Å²) in [6, 6.07) is 11.8. The summed E-state index contributed by atoms with van der Waals surface area (Å²) in [4.78, 5) is 19.2. The van der Waals surface area contributed by atoms with Gasteiger partial charge in [0.05, 0.1) is 5.56 Å². The zero-order valence-electron chi connectivity index (χ0n) is 14.5. The van der Waals surface area contributed by atoms with Gasteiger partial charge in [0.25, 0.3) is 5.91 Å². The molecule has 2 heterocycles. The van der Waals surface area contributed by atoms with E-state index in [-0.39, 0.29) is 5.91 Å². The number of rotatable bonds is 5. The van der Waals surface area contributed by atoms with Crippen LogP contribution in [0.15, 0.2) is 42.6 Å². The molecule has 1 saturated heterocycles. The van der Waals surface area contributed by atoms with Crippen LogP contribution in [0.4, 0.5) is 5.82 Å². The van der Waals surface area contributed by atoms with E-state index in [1.807, 2.05) is 36.4 Å². The number of anilines is 1. The number of hydrogen-bond acceptors (Lipinski definition) is 3. The predicted octanol–water partition coefficient (Wildman–Crippen LogP) is 4.43. The highest BCUT2D eigenvalue weighted by atomic mass is 35.5. The second-order valence-electron chi connectivity index (χ2n) is 6.47. The van der Waals surface area contributed by atoms with Crippen LogP contribution < -0.4 is 10.2 Å². The van der Waals surface area contributed by atoms with Crippen LogP contribution in [0.3, 0.4) is 0 Å². The lowest BCUT2D eigenvalue weighted by atomic mass is 10.00. The van der Waals surface area contributed by atoms with Crippen molar-refractivity contribution in [2.45, 2.75) is 45.2 Å². The molecule has 0 radical (unpaired) electrons. The van der Waals surface area contributed by atoms with E-state index in [0.29, 0.717) is 23.2 Å². The molecule has 25 heavy (non-hydrogen) atoms. The lowest BCUT2D eigenvalue weighted by Crippen LogP contribution is -2.39. The fourth-order valence-corrected chi connectivity index (χ4v) is 3.43. The van der Waals surface area contributed by atoms with Crippen LogP contribution in [0.5, 0.6) is 0 Å². The number of amides is 1. The molecule has 1 aromatic carbocycles. The highest BCUT2D eigenvalue weighted by Gasteiger charge is 2.22. The number of hydrogen-bond donors (Lipinski definition) is 1. The van der Waals surface area contributed by atoms with Gasteiger partial charge in [-0.1, -0.05) is 30.7 Å². The summed E-state index contributed by atoms with van der Waals surface area (Å²) in [5, 5.41) is 3.61. The smallest absolute Gasteiger partial charge is 0.253 e. The first-order chi connectivity index (χ1) is 12.2. The maximum atomic E-state index is 12.3. The summed E-state index contributed by atoms with van der Waals surface area (Å²) in [7, 11) is 0. The number of aromatic nitrogens is 1. The van der Waals surface area contributed by atoms with E-state index in [2.05, 4.69) is 22.1 Å². The molecule has 1 aliphatic rings. The third kappa shape index (κ3) is 4.51. The Morgan fingerprint density at radius 3 is 2.72 bits per heavy atom. The van der Waals surface area contributed by atoms with Crippen molar-refractivity contribution in [1.82, 2.24) is 10.3 Å². The van der Waals surface area contributed by atoms with Gasteiger partial charge in [-0.15, -0.1) is 0 Å². The number of halogens is 1. The summed E-state index contributed by atoms with van der Waals surface area (Å²) >= 11 is 5.87. The summed E-state index contributed by atoms with van der Waals surface area (Å²) in [6.07, 6.45) is 6.53. The summed E-state index contributed by atoms with van der Waals surface area (Å²) in [6.45, 7) is 3.75. The molecule has 5 heteroatoms. The Hall–Kier alpha value is -2.07. The fourth-order valence-electron chi connectivity index (χ4n) is 3.30. The van der Waals surface area contributed by atoms with Gasteiger partial charge in [0.2, 0.25) is 0 Å². The normalized spacial score (nSPS) is 17.4. The SMILES string of the molecule is CCC1CCCCN1c1ccc(C(=O)NCc2ccc(Cl)cc2)cn1. The second-order valence-corrected chi connectivity index (χ2v) is 6.90. The zero-order valence-corrected chi connectivity index (χ0v) is 15.3. The van der Waals surface area contributed by atoms with E-state index < -0.39 is 0 Å². The highest BCUT2D eigenvalue weighted by Crippen LogP contribution is 2.24. The Bertz CT molecular complexity index is 700. The van der Waals surface area contributed by atoms with Gasteiger partial charge in [-0.05, 0) is 55.5 Å². The minimum absolute atomic E-state index is 0.111. The molecule has 3 rings (SSSR count). The maximum absolute atomic E-state index is 12.3. The molecule has 1 fully saturated rings. The molecule has 1 atom stereocenters. The Morgan fingerprint density at radius 2 is 2.04 bits per heavy atom. The van der Waals surface area contributed by atoms with Gasteiger partial charge in [0.15, 0.2) is 0 Å². The van der Waals surface area contributed by atoms with Gasteiger partial charge < -0.3 is 10.2 Å². The molecular formula is C20H24ClN3O. The van der Waals surface area contributed by atoms with E-state index in [4.69, 9.17) is 11.6 Å². The van der Waals surface area contributed by atoms with Gasteiger partial charge in [0, 0.05) is 30.4 Å². The van der Waals surface area contributed by atoms with E-state index >= 15 is 0 Å². The van der Waals surface area contributed by atoms with E-state index in [9.17, 15) is 4.79 Å². The number of nitrogens with zero attached hydrogens (tertiary/aromatic N) is 2. The van der Waals surface area contributed by atoms with Crippen molar-refractivity contribution in [1.29, 1.82) is 0 Å². The molecule has 1 aliphatic heterocycles. The lowest BCUT2D eigenvalue weighted by Gasteiger charge is -2.36. The lowest BCUT2D eigenvalue weighted by molar-refractivity contribution is 0.0950. The molecule has 1 aromatic heterocycles. The highest BCUT2D eigenvalue weighted by molar-refractivity contribution is 6.30. The quantitative estimate of drug-likeness (QED) is 0.860. The third-order valence-electron chi connectivity index (χ3n) is 4.77. The molecule has 0 saturated carbocycles. The van der Waals surface area contributed by atoms with Crippen molar-refractivity contribution in [3.05, 3.63) is 58.7 Å². The number of carbonyl (C=O) groups excluding carboxylic acids is 1. The summed E-state index contributed by atoms with van der Waals surface area (Å²) in [5.74, 6) is 0.862. The first kappa shape index (κ1) is 17.7. The van der Waals surface area contributed by atoms with Crippen molar-refractivity contribution in [2.24, 2.45) is 0 Å². The van der Waals surface area contributed by atoms with Gasteiger partial charge >= 0.3 is 0 Å². The predicted molar refractivity (Wildman–Crippen MR) is 102 cm³/mol. The number of pyridine rings is 1. The van der Waals surface area contributed by atoms with Crippen LogP contribution in [0.2, 0.25) is 5.02 Å². The number of nitrogens with one attached hydrogen (secondary N) is 1. The number of benzene rings is 1. The minimum Gasteiger partial charge on any atom is -0.354 e. The molecule has 2 aromatic rings. The van der Waals surface area contributed by atoms with Crippen molar-refractivity contribution in [3.8, 4) is 0 Å². The topological polar surface area (TPSA) is 45.2 Å². The molecule has 1 amide bonds. The molecule has 1 N–H and O–H groups in total. The van der Waals surface area contributed by atoms with Crippen LogP contribution in [0, 0.1) is 0 Å². The maximum Gasteiger partial charge on any atom is 0.253 e. The van der Waals surface area contributed by atoms with Crippen LogP contribution >= 0.6 is 11.6 Å². The average Bonchev–Trinajstić information content (AvgIpc) is 2.67. The van der Waals surface area contributed by atoms with Crippen LogP contribution in [0.1, 0.15) is 48.5 Å². The van der Waals surface area contributed by atoms with Gasteiger partial charge in [0.1, 0.15) is 5.82 Å². The van der Waals surface area contributed by atoms with Crippen LogP contribution in [-0.2, 0) is 6.54 Å². The van der Waals surface area contributed by atoms with Crippen molar-refractivity contribution in [2.75, 3.05) is 11.4 Å². The third-order valence-corrected chi connectivity index (χ3v) is 5.02. The molecule has 0 bridgehead atoms. The van der Waals surface area contributed by atoms with Crippen LogP contribution in [-0.4, -0.2) is 23.5 Å². The molecular weight excluding hydrogens is 334 g/mol. The molecule has 1 unspecified atom stereocenters. The van der Waals surface area contributed by atoms with E-state index in [1.165, 1.54) is 19.3 Å². The standard InChI is InChI=1S/C20H24ClN3O/c1-2-18-5-3-4-12-24(18)19-11-8-16(14-22-19)20(25)23-13-15-6-9-17(21)10-7-15/h6-11,14,18H,2-5,12-13H2,1H3,(H,23,25). The Balaban J connectivity index is 1.61. The zero-order chi connectivity index (χ0) is 17.6. The van der Waals surface area contributed by atoms with E-state index in [0.717, 1.165) is 24.3 Å². The molecule has 0 aliphatic carbocycles. The average molecular weight is 358 g/mol.